The van der Waals surface area contributed by atoms with E-state index in [1.54, 1.807) is 0 Å². The molecule has 0 aromatic carbocycles. The Balaban J connectivity index is 1.55. The SMILES string of the molecule is CCNC[C@H]1O[C@H](OC2[C@@H](N)C[C@@H](CC(=O)C3(O)CC3N)[C@H](O[C@H]3O[C@H](CO)[C@@H](O)[C@H](N)[C@H]3O)[C@H]2O)[C@H](O)[C@@H](O)[C@@H]1O. The molecule has 17 atom stereocenters. The van der Waals surface area contributed by atoms with E-state index in [9.17, 15) is 45.6 Å². The van der Waals surface area contributed by atoms with Crippen LogP contribution in [0.25, 0.3) is 0 Å². The van der Waals surface area contributed by atoms with Gasteiger partial charge in [-0.05, 0) is 18.9 Å². The van der Waals surface area contributed by atoms with Crippen molar-refractivity contribution in [1.82, 2.24) is 5.32 Å². The van der Waals surface area contributed by atoms with E-state index in [-0.39, 0.29) is 25.8 Å². The van der Waals surface area contributed by atoms with Crippen molar-refractivity contribution >= 4 is 5.78 Å². The molecule has 244 valence electrons. The molecule has 0 aromatic heterocycles. The van der Waals surface area contributed by atoms with Gasteiger partial charge in [0.15, 0.2) is 18.4 Å². The maximum Gasteiger partial charge on any atom is 0.187 e. The summed E-state index contributed by atoms with van der Waals surface area (Å²) in [5, 5.41) is 86.7. The number of nitrogens with two attached hydrogens (primary N) is 3. The second kappa shape index (κ2) is 13.6. The number of carbonyl (C=O) groups is 1. The Kier molecular flexibility index (Phi) is 11.0. The third-order valence-electron chi connectivity index (χ3n) is 8.83. The van der Waals surface area contributed by atoms with Gasteiger partial charge in [-0.1, -0.05) is 6.92 Å². The van der Waals surface area contributed by atoms with Crippen LogP contribution in [0.4, 0.5) is 0 Å². The summed E-state index contributed by atoms with van der Waals surface area (Å²) in [5.41, 5.74) is 16.3. The number of nitrogens with one attached hydrogen (secondary N) is 1. The fraction of sp³-hybridized carbons (Fsp3) is 0.960. The minimum absolute atomic E-state index is 0.0147. The molecule has 0 radical (unpaired) electrons. The van der Waals surface area contributed by atoms with Gasteiger partial charge in [-0.25, -0.2) is 0 Å². The van der Waals surface area contributed by atoms with E-state index in [2.05, 4.69) is 5.32 Å². The molecule has 17 heteroatoms. The second-order valence-electron chi connectivity index (χ2n) is 11.8. The molecule has 0 spiro atoms. The number of carbonyl (C=O) groups excluding carboxylic acids is 1. The van der Waals surface area contributed by atoms with Crippen LogP contribution in [0.5, 0.6) is 0 Å². The summed E-state index contributed by atoms with van der Waals surface area (Å²) in [5.74, 6) is -1.44. The van der Waals surface area contributed by atoms with Gasteiger partial charge < -0.3 is 82.3 Å². The van der Waals surface area contributed by atoms with Crippen LogP contribution in [0.3, 0.4) is 0 Å². The fourth-order valence-electron chi connectivity index (χ4n) is 5.94. The number of aliphatic hydroxyl groups is 8. The van der Waals surface area contributed by atoms with Gasteiger partial charge in [-0.15, -0.1) is 0 Å². The molecule has 42 heavy (non-hydrogen) atoms. The molecule has 0 aromatic rings. The fourth-order valence-corrected chi connectivity index (χ4v) is 5.94. The second-order valence-corrected chi connectivity index (χ2v) is 11.8. The number of aliphatic hydroxyl groups excluding tert-OH is 7. The van der Waals surface area contributed by atoms with E-state index >= 15 is 0 Å². The van der Waals surface area contributed by atoms with Gasteiger partial charge in [0.25, 0.3) is 0 Å². The Hall–Kier alpha value is -0.970. The van der Waals surface area contributed by atoms with Crippen LogP contribution in [0, 0.1) is 5.92 Å². The van der Waals surface area contributed by atoms with Crippen LogP contribution in [0.15, 0.2) is 0 Å². The maximum atomic E-state index is 12.9. The van der Waals surface area contributed by atoms with Gasteiger partial charge in [-0.2, -0.15) is 0 Å². The van der Waals surface area contributed by atoms with Crippen molar-refractivity contribution in [2.45, 2.75) is 124 Å². The largest absolute Gasteiger partial charge is 0.394 e. The maximum absolute atomic E-state index is 12.9. The smallest absolute Gasteiger partial charge is 0.187 e. The van der Waals surface area contributed by atoms with Crippen molar-refractivity contribution < 1.29 is 64.6 Å². The molecule has 4 aliphatic rings. The molecular weight excluding hydrogens is 564 g/mol. The van der Waals surface area contributed by atoms with Gasteiger partial charge in [0.1, 0.15) is 60.5 Å². The third kappa shape index (κ3) is 6.66. The highest BCUT2D eigenvalue weighted by Gasteiger charge is 2.58. The van der Waals surface area contributed by atoms with Crippen LogP contribution in [-0.4, -0.2) is 164 Å². The summed E-state index contributed by atoms with van der Waals surface area (Å²) in [4.78, 5) is 12.9. The normalized spacial score (nSPS) is 51.3. The topological polar surface area (TPSA) is 306 Å². The van der Waals surface area contributed by atoms with Crippen molar-refractivity contribution in [1.29, 1.82) is 0 Å². The lowest BCUT2D eigenvalue weighted by atomic mass is 9.76. The van der Waals surface area contributed by atoms with Gasteiger partial charge in [0.05, 0.1) is 18.8 Å². The zero-order valence-electron chi connectivity index (χ0n) is 23.3. The van der Waals surface area contributed by atoms with Gasteiger partial charge in [-0.3, -0.25) is 4.79 Å². The molecule has 2 saturated heterocycles. The first-order valence-electron chi connectivity index (χ1n) is 14.3. The molecule has 2 saturated carbocycles. The molecule has 2 aliphatic heterocycles. The first-order valence-corrected chi connectivity index (χ1v) is 14.3. The number of hydrogen-bond donors (Lipinski definition) is 12. The highest BCUT2D eigenvalue weighted by Crippen LogP contribution is 2.41. The lowest BCUT2D eigenvalue weighted by molar-refractivity contribution is -0.335. The molecule has 2 aliphatic carbocycles. The van der Waals surface area contributed by atoms with Gasteiger partial charge in [0.2, 0.25) is 0 Å². The van der Waals surface area contributed by atoms with E-state index in [1.807, 2.05) is 6.92 Å². The quantitative estimate of drug-likeness (QED) is 0.103. The summed E-state index contributed by atoms with van der Waals surface area (Å²) in [6.45, 7) is 1.83. The molecule has 2 heterocycles. The molecule has 0 amide bonds. The predicted molar refractivity (Wildman–Crippen MR) is 140 cm³/mol. The zero-order valence-corrected chi connectivity index (χ0v) is 23.3. The van der Waals surface area contributed by atoms with E-state index < -0.39 is 116 Å². The number of rotatable bonds is 11. The Labute approximate surface area is 242 Å². The van der Waals surface area contributed by atoms with E-state index in [0.717, 1.165) is 0 Å². The van der Waals surface area contributed by atoms with Crippen molar-refractivity contribution in [3.63, 3.8) is 0 Å². The van der Waals surface area contributed by atoms with Crippen LogP contribution in [0.2, 0.25) is 0 Å². The molecular formula is C25H46N4O13. The Morgan fingerprint density at radius 1 is 0.881 bits per heavy atom. The highest BCUT2D eigenvalue weighted by atomic mass is 16.7. The summed E-state index contributed by atoms with van der Waals surface area (Å²) in [6.07, 6.45) is -17.6. The van der Waals surface area contributed by atoms with E-state index in [4.69, 9.17) is 36.1 Å². The van der Waals surface area contributed by atoms with E-state index in [1.165, 1.54) is 0 Å². The summed E-state index contributed by atoms with van der Waals surface area (Å²) >= 11 is 0. The first-order chi connectivity index (χ1) is 19.7. The van der Waals surface area contributed by atoms with Gasteiger partial charge in [0, 0.05) is 31.5 Å². The minimum atomic E-state index is -1.72. The highest BCUT2D eigenvalue weighted by molar-refractivity contribution is 5.91. The first kappa shape index (κ1) is 33.9. The summed E-state index contributed by atoms with van der Waals surface area (Å²) < 4.78 is 23.1. The number of Topliss-reactive ketones (excluding diaryl/α,β-unsaturated/α-hetero) is 1. The number of likely N-dealkylation sites (N-methyl/N-ethyl adjacent to an activating group) is 1. The lowest BCUT2D eigenvalue weighted by Crippen LogP contribution is -2.67. The Bertz CT molecular complexity index is 922. The Morgan fingerprint density at radius 2 is 1.48 bits per heavy atom. The van der Waals surface area contributed by atoms with Crippen molar-refractivity contribution in [2.75, 3.05) is 19.7 Å². The van der Waals surface area contributed by atoms with Crippen molar-refractivity contribution in [3.05, 3.63) is 0 Å². The van der Waals surface area contributed by atoms with Crippen molar-refractivity contribution in [3.8, 4) is 0 Å². The molecule has 17 nitrogen and oxygen atoms in total. The predicted octanol–water partition coefficient (Wildman–Crippen LogP) is -6.93. The van der Waals surface area contributed by atoms with Gasteiger partial charge >= 0.3 is 0 Å². The average molecular weight is 611 g/mol. The van der Waals surface area contributed by atoms with Crippen LogP contribution in [-0.2, 0) is 23.7 Å². The number of ketones is 1. The zero-order chi connectivity index (χ0) is 31.1. The number of hydrogen-bond acceptors (Lipinski definition) is 17. The van der Waals surface area contributed by atoms with E-state index in [0.29, 0.717) is 6.54 Å². The lowest BCUT2D eigenvalue weighted by Gasteiger charge is -2.49. The molecule has 4 fully saturated rings. The molecule has 4 rings (SSSR count). The molecule has 0 bridgehead atoms. The standard InChI is InChI=1S/C25H46N4O13/c1-2-29-6-10-16(33)18(35)19(36)24(39-10)42-22-9(26)3-8(4-13(31)25(38)5-12(25)27)21(20(22)37)41-23-17(34)14(28)15(32)11(7-30)40-23/h8-12,14-24,29-30,32-38H,2-7,26-28H2,1H3/t8-,9-,10+,11+,12?,14-,15+,16+,17+,18-,19+,20+,21-,22?,23+,24+,25?/m0/s1. The van der Waals surface area contributed by atoms with Crippen LogP contribution >= 0.6 is 0 Å². The molecule has 3 unspecified atom stereocenters. The minimum Gasteiger partial charge on any atom is -0.394 e. The summed E-state index contributed by atoms with van der Waals surface area (Å²) in [7, 11) is 0. The summed E-state index contributed by atoms with van der Waals surface area (Å²) in [6, 6.07) is -3.00. The number of ether oxygens (including phenoxy) is 4. The third-order valence-corrected chi connectivity index (χ3v) is 8.83. The molecule has 15 N–H and O–H groups in total. The van der Waals surface area contributed by atoms with Crippen LogP contribution in [0.1, 0.15) is 26.2 Å². The monoisotopic (exact) mass is 610 g/mol. The average Bonchev–Trinajstić information content (AvgIpc) is 3.59. The Morgan fingerprint density at radius 3 is 2.07 bits per heavy atom. The van der Waals surface area contributed by atoms with Crippen molar-refractivity contribution in [2.24, 2.45) is 23.1 Å². The van der Waals surface area contributed by atoms with Crippen LogP contribution < -0.4 is 22.5 Å².